The van der Waals surface area contributed by atoms with Crippen LogP contribution in [0.1, 0.15) is 38.2 Å². The van der Waals surface area contributed by atoms with Crippen molar-refractivity contribution in [1.29, 1.82) is 0 Å². The lowest BCUT2D eigenvalue weighted by atomic mass is 9.98. The predicted molar refractivity (Wildman–Crippen MR) is 80.1 cm³/mol. The SMILES string of the molecule is CC(Cc1ccccc1)NC(=O)NC1(C(=O)O)CCCC1. The Morgan fingerprint density at radius 1 is 1.24 bits per heavy atom. The van der Waals surface area contributed by atoms with Crippen LogP contribution in [-0.2, 0) is 11.2 Å². The molecule has 1 unspecified atom stereocenters. The van der Waals surface area contributed by atoms with Gasteiger partial charge in [0.2, 0.25) is 0 Å². The molecule has 0 radical (unpaired) electrons. The van der Waals surface area contributed by atoms with Crippen LogP contribution in [0, 0.1) is 0 Å². The van der Waals surface area contributed by atoms with E-state index in [1.54, 1.807) is 0 Å². The van der Waals surface area contributed by atoms with E-state index < -0.39 is 17.5 Å². The lowest BCUT2D eigenvalue weighted by molar-refractivity contribution is -0.144. The van der Waals surface area contributed by atoms with Crippen LogP contribution in [0.15, 0.2) is 30.3 Å². The molecule has 0 heterocycles. The van der Waals surface area contributed by atoms with Gasteiger partial charge in [0.1, 0.15) is 5.54 Å². The molecule has 0 aliphatic heterocycles. The first kappa shape index (κ1) is 15.4. The second kappa shape index (κ2) is 6.61. The number of carboxylic acid groups (broad SMARTS) is 1. The van der Waals surface area contributed by atoms with E-state index in [0.29, 0.717) is 19.3 Å². The van der Waals surface area contributed by atoms with Crippen LogP contribution in [0.25, 0.3) is 0 Å². The molecule has 1 aromatic rings. The van der Waals surface area contributed by atoms with Crippen molar-refractivity contribution in [3.8, 4) is 0 Å². The molecular formula is C16H22N2O3. The summed E-state index contributed by atoms with van der Waals surface area (Å²) < 4.78 is 0. The molecule has 0 saturated heterocycles. The largest absolute Gasteiger partial charge is 0.480 e. The Hall–Kier alpha value is -2.04. The van der Waals surface area contributed by atoms with Crippen LogP contribution >= 0.6 is 0 Å². The lowest BCUT2D eigenvalue weighted by Gasteiger charge is -2.26. The summed E-state index contributed by atoms with van der Waals surface area (Å²) in [6.45, 7) is 1.91. The van der Waals surface area contributed by atoms with Crippen molar-refractivity contribution >= 4 is 12.0 Å². The number of nitrogens with one attached hydrogen (secondary N) is 2. The minimum Gasteiger partial charge on any atom is -0.480 e. The number of hydrogen-bond acceptors (Lipinski definition) is 2. The molecule has 5 nitrogen and oxygen atoms in total. The van der Waals surface area contributed by atoms with Gasteiger partial charge in [0, 0.05) is 6.04 Å². The predicted octanol–water partition coefficient (Wildman–Crippen LogP) is 2.31. The molecule has 21 heavy (non-hydrogen) atoms. The number of amides is 2. The molecule has 5 heteroatoms. The van der Waals surface area contributed by atoms with Crippen molar-refractivity contribution in [3.63, 3.8) is 0 Å². The van der Waals surface area contributed by atoms with E-state index in [9.17, 15) is 14.7 Å². The Balaban J connectivity index is 1.87. The molecule has 0 aromatic heterocycles. The minimum absolute atomic E-state index is 0.0559. The summed E-state index contributed by atoms with van der Waals surface area (Å²) in [4.78, 5) is 23.4. The molecule has 1 aliphatic rings. The quantitative estimate of drug-likeness (QED) is 0.778. The summed E-state index contributed by atoms with van der Waals surface area (Å²) in [5.74, 6) is -0.939. The number of carbonyl (C=O) groups is 2. The van der Waals surface area contributed by atoms with Crippen LogP contribution in [0.5, 0.6) is 0 Å². The van der Waals surface area contributed by atoms with Crippen molar-refractivity contribution in [2.45, 2.75) is 50.6 Å². The van der Waals surface area contributed by atoms with Gasteiger partial charge in [-0.05, 0) is 31.7 Å². The zero-order valence-corrected chi connectivity index (χ0v) is 12.3. The Kier molecular flexibility index (Phi) is 4.83. The Morgan fingerprint density at radius 3 is 2.43 bits per heavy atom. The maximum atomic E-state index is 12.0. The molecule has 0 spiro atoms. The Morgan fingerprint density at radius 2 is 1.86 bits per heavy atom. The lowest BCUT2D eigenvalue weighted by Crippen LogP contribution is -2.56. The van der Waals surface area contributed by atoms with Crippen molar-refractivity contribution < 1.29 is 14.7 Å². The number of urea groups is 1. The number of benzene rings is 1. The van der Waals surface area contributed by atoms with Gasteiger partial charge in [-0.15, -0.1) is 0 Å². The van der Waals surface area contributed by atoms with Gasteiger partial charge in [0.05, 0.1) is 0 Å². The van der Waals surface area contributed by atoms with Gasteiger partial charge in [0.15, 0.2) is 0 Å². The van der Waals surface area contributed by atoms with Gasteiger partial charge < -0.3 is 15.7 Å². The molecule has 0 bridgehead atoms. The molecule has 1 aliphatic carbocycles. The maximum absolute atomic E-state index is 12.0. The van der Waals surface area contributed by atoms with E-state index in [2.05, 4.69) is 10.6 Å². The fourth-order valence-electron chi connectivity index (χ4n) is 2.87. The molecule has 1 atom stereocenters. The number of carboxylic acids is 1. The first-order valence-corrected chi connectivity index (χ1v) is 7.38. The fraction of sp³-hybridized carbons (Fsp3) is 0.500. The number of hydrogen-bond donors (Lipinski definition) is 3. The van der Waals surface area contributed by atoms with Gasteiger partial charge in [-0.2, -0.15) is 0 Å². The van der Waals surface area contributed by atoms with Crippen LogP contribution in [0.3, 0.4) is 0 Å². The van der Waals surface area contributed by atoms with E-state index in [1.807, 2.05) is 37.3 Å². The summed E-state index contributed by atoms with van der Waals surface area (Å²) in [7, 11) is 0. The van der Waals surface area contributed by atoms with E-state index >= 15 is 0 Å². The monoisotopic (exact) mass is 290 g/mol. The summed E-state index contributed by atoms with van der Waals surface area (Å²) in [5.41, 5.74) is 0.0513. The van der Waals surface area contributed by atoms with Crippen molar-refractivity contribution in [3.05, 3.63) is 35.9 Å². The van der Waals surface area contributed by atoms with Crippen LogP contribution < -0.4 is 10.6 Å². The average Bonchev–Trinajstić information content (AvgIpc) is 2.89. The Bertz CT molecular complexity index is 496. The highest BCUT2D eigenvalue weighted by Gasteiger charge is 2.42. The summed E-state index contributed by atoms with van der Waals surface area (Å²) in [6, 6.07) is 9.42. The molecular weight excluding hydrogens is 268 g/mol. The van der Waals surface area contributed by atoms with E-state index in [0.717, 1.165) is 18.4 Å². The number of carbonyl (C=O) groups excluding carboxylic acids is 1. The van der Waals surface area contributed by atoms with Gasteiger partial charge in [-0.3, -0.25) is 0 Å². The molecule has 114 valence electrons. The molecule has 2 rings (SSSR count). The molecule has 2 amide bonds. The average molecular weight is 290 g/mol. The van der Waals surface area contributed by atoms with Crippen molar-refractivity contribution in [2.75, 3.05) is 0 Å². The zero-order chi connectivity index (χ0) is 15.3. The van der Waals surface area contributed by atoms with E-state index in [4.69, 9.17) is 0 Å². The smallest absolute Gasteiger partial charge is 0.329 e. The van der Waals surface area contributed by atoms with E-state index in [-0.39, 0.29) is 6.04 Å². The third-order valence-corrected chi connectivity index (χ3v) is 3.98. The van der Waals surface area contributed by atoms with Crippen LogP contribution in [0.2, 0.25) is 0 Å². The van der Waals surface area contributed by atoms with Gasteiger partial charge in [0.25, 0.3) is 0 Å². The number of aliphatic carboxylic acids is 1. The standard InChI is InChI=1S/C16H22N2O3/c1-12(11-13-7-3-2-4-8-13)17-15(21)18-16(14(19)20)9-5-6-10-16/h2-4,7-8,12H,5-6,9-11H2,1H3,(H,19,20)(H2,17,18,21). The molecule has 1 saturated carbocycles. The van der Waals surface area contributed by atoms with Gasteiger partial charge in [-0.1, -0.05) is 43.2 Å². The van der Waals surface area contributed by atoms with Crippen LogP contribution in [-0.4, -0.2) is 28.7 Å². The molecule has 1 fully saturated rings. The highest BCUT2D eigenvalue weighted by Crippen LogP contribution is 2.29. The zero-order valence-electron chi connectivity index (χ0n) is 12.3. The molecule has 3 N–H and O–H groups in total. The van der Waals surface area contributed by atoms with Gasteiger partial charge >= 0.3 is 12.0 Å². The first-order valence-electron chi connectivity index (χ1n) is 7.38. The fourth-order valence-corrected chi connectivity index (χ4v) is 2.87. The topological polar surface area (TPSA) is 78.4 Å². The third kappa shape index (κ3) is 3.97. The normalized spacial score (nSPS) is 18.0. The van der Waals surface area contributed by atoms with Crippen molar-refractivity contribution in [2.24, 2.45) is 0 Å². The maximum Gasteiger partial charge on any atom is 0.329 e. The van der Waals surface area contributed by atoms with Crippen LogP contribution in [0.4, 0.5) is 4.79 Å². The first-order chi connectivity index (χ1) is 10.0. The third-order valence-electron chi connectivity index (χ3n) is 3.98. The second-order valence-corrected chi connectivity index (χ2v) is 5.78. The second-order valence-electron chi connectivity index (χ2n) is 5.78. The minimum atomic E-state index is -1.09. The number of rotatable bonds is 5. The van der Waals surface area contributed by atoms with E-state index in [1.165, 1.54) is 0 Å². The Labute approximate surface area is 124 Å². The highest BCUT2D eigenvalue weighted by atomic mass is 16.4. The summed E-state index contributed by atoms with van der Waals surface area (Å²) in [6.07, 6.45) is 3.40. The van der Waals surface area contributed by atoms with Crippen molar-refractivity contribution in [1.82, 2.24) is 10.6 Å². The molecule has 1 aromatic carbocycles. The van der Waals surface area contributed by atoms with Gasteiger partial charge in [-0.25, -0.2) is 9.59 Å². The summed E-state index contributed by atoms with van der Waals surface area (Å²) >= 11 is 0. The summed E-state index contributed by atoms with van der Waals surface area (Å²) in [5, 5.41) is 14.8. The highest BCUT2D eigenvalue weighted by molar-refractivity contribution is 5.86.